The predicted octanol–water partition coefficient (Wildman–Crippen LogP) is 4.33. The minimum absolute atomic E-state index is 0.0243. The van der Waals surface area contributed by atoms with E-state index in [9.17, 15) is 13.2 Å². The van der Waals surface area contributed by atoms with Crippen molar-refractivity contribution in [3.05, 3.63) is 28.2 Å². The number of alkyl halides is 3. The van der Waals surface area contributed by atoms with Gasteiger partial charge in [0.1, 0.15) is 0 Å². The summed E-state index contributed by atoms with van der Waals surface area (Å²) in [5.74, 6) is 0. The number of hydrogen-bond acceptors (Lipinski definition) is 2. The van der Waals surface area contributed by atoms with Crippen LogP contribution in [0.1, 0.15) is 18.9 Å². The minimum Gasteiger partial charge on any atom is -0.396 e. The SMILES string of the molecule is CC(CCO)Sc1cc(Br)ccc1C(F)(F)F. The van der Waals surface area contributed by atoms with Crippen LogP contribution in [0.15, 0.2) is 27.6 Å². The van der Waals surface area contributed by atoms with E-state index in [-0.39, 0.29) is 16.8 Å². The van der Waals surface area contributed by atoms with E-state index in [1.54, 1.807) is 6.92 Å². The molecule has 0 aliphatic carbocycles. The molecule has 96 valence electrons. The molecule has 0 aromatic heterocycles. The summed E-state index contributed by atoms with van der Waals surface area (Å²) in [6, 6.07) is 3.91. The largest absolute Gasteiger partial charge is 0.417 e. The molecule has 1 rings (SSSR count). The first-order valence-corrected chi connectivity index (χ1v) is 6.66. The van der Waals surface area contributed by atoms with Crippen LogP contribution in [0.3, 0.4) is 0 Å². The molecule has 0 fully saturated rings. The number of hydrogen-bond donors (Lipinski definition) is 1. The molecule has 0 spiro atoms. The second-order valence-electron chi connectivity index (χ2n) is 3.58. The number of aliphatic hydroxyl groups is 1. The second kappa shape index (κ2) is 6.11. The topological polar surface area (TPSA) is 20.2 Å². The summed E-state index contributed by atoms with van der Waals surface area (Å²) < 4.78 is 38.8. The van der Waals surface area contributed by atoms with Crippen molar-refractivity contribution in [1.29, 1.82) is 0 Å². The fourth-order valence-electron chi connectivity index (χ4n) is 1.29. The van der Waals surface area contributed by atoms with Crippen LogP contribution in [0.5, 0.6) is 0 Å². The summed E-state index contributed by atoms with van der Waals surface area (Å²) in [4.78, 5) is 0.188. The Morgan fingerprint density at radius 2 is 2.06 bits per heavy atom. The molecular weight excluding hydrogens is 317 g/mol. The van der Waals surface area contributed by atoms with Gasteiger partial charge in [0.05, 0.1) is 5.56 Å². The first-order valence-electron chi connectivity index (χ1n) is 4.99. The van der Waals surface area contributed by atoms with Gasteiger partial charge in [0.25, 0.3) is 0 Å². The third kappa shape index (κ3) is 4.52. The van der Waals surface area contributed by atoms with E-state index in [0.717, 1.165) is 17.8 Å². The van der Waals surface area contributed by atoms with E-state index in [2.05, 4.69) is 15.9 Å². The highest BCUT2D eigenvalue weighted by molar-refractivity contribution is 9.10. The van der Waals surface area contributed by atoms with E-state index >= 15 is 0 Å². The van der Waals surface area contributed by atoms with Gasteiger partial charge in [0.2, 0.25) is 0 Å². The van der Waals surface area contributed by atoms with E-state index in [1.807, 2.05) is 0 Å². The van der Waals surface area contributed by atoms with Gasteiger partial charge in [-0.15, -0.1) is 11.8 Å². The standard InChI is InChI=1S/C11H12BrF3OS/c1-7(4-5-16)17-10-6-8(12)2-3-9(10)11(13,14)15/h2-3,6-7,16H,4-5H2,1H3. The zero-order valence-corrected chi connectivity index (χ0v) is 11.5. The zero-order valence-electron chi connectivity index (χ0n) is 9.09. The van der Waals surface area contributed by atoms with Crippen molar-refractivity contribution in [3.8, 4) is 0 Å². The van der Waals surface area contributed by atoms with Crippen LogP contribution >= 0.6 is 27.7 Å². The molecule has 1 N–H and O–H groups in total. The molecule has 6 heteroatoms. The smallest absolute Gasteiger partial charge is 0.396 e. The average molecular weight is 329 g/mol. The molecule has 0 heterocycles. The predicted molar refractivity (Wildman–Crippen MR) is 66.2 cm³/mol. The van der Waals surface area contributed by atoms with Gasteiger partial charge < -0.3 is 5.11 Å². The van der Waals surface area contributed by atoms with Crippen LogP contribution in [0.2, 0.25) is 0 Å². The lowest BCUT2D eigenvalue weighted by atomic mass is 10.2. The van der Waals surface area contributed by atoms with Gasteiger partial charge in [0.15, 0.2) is 0 Å². The highest BCUT2D eigenvalue weighted by Gasteiger charge is 2.33. The average Bonchev–Trinajstić information content (AvgIpc) is 2.15. The lowest BCUT2D eigenvalue weighted by Gasteiger charge is -2.15. The lowest BCUT2D eigenvalue weighted by molar-refractivity contribution is -0.139. The lowest BCUT2D eigenvalue weighted by Crippen LogP contribution is -2.08. The number of thioether (sulfide) groups is 1. The molecule has 1 atom stereocenters. The summed E-state index contributed by atoms with van der Waals surface area (Å²) >= 11 is 4.29. The normalized spacial score (nSPS) is 13.8. The summed E-state index contributed by atoms with van der Waals surface area (Å²) in [6.45, 7) is 1.77. The quantitative estimate of drug-likeness (QED) is 0.830. The van der Waals surface area contributed by atoms with Gasteiger partial charge >= 0.3 is 6.18 Å². The molecule has 1 nitrogen and oxygen atoms in total. The number of benzene rings is 1. The Morgan fingerprint density at radius 3 is 2.59 bits per heavy atom. The minimum atomic E-state index is -4.35. The molecule has 0 amide bonds. The summed E-state index contributed by atoms with van der Waals surface area (Å²) in [5.41, 5.74) is -0.629. The Kier molecular flexibility index (Phi) is 5.34. The van der Waals surface area contributed by atoms with Crippen molar-refractivity contribution < 1.29 is 18.3 Å². The first-order chi connectivity index (χ1) is 7.84. The fraction of sp³-hybridized carbons (Fsp3) is 0.455. The molecule has 0 aliphatic rings. The number of rotatable bonds is 4. The van der Waals surface area contributed by atoms with Crippen molar-refractivity contribution in [3.63, 3.8) is 0 Å². The molecule has 0 saturated heterocycles. The van der Waals surface area contributed by atoms with Gasteiger partial charge in [0, 0.05) is 21.2 Å². The molecule has 0 aliphatic heterocycles. The first kappa shape index (κ1) is 14.9. The Bertz CT molecular complexity index is 381. The van der Waals surface area contributed by atoms with Crippen molar-refractivity contribution in [1.82, 2.24) is 0 Å². The van der Waals surface area contributed by atoms with Crippen molar-refractivity contribution >= 4 is 27.7 Å². The zero-order chi connectivity index (χ0) is 13.1. The molecule has 0 saturated carbocycles. The van der Waals surface area contributed by atoms with Crippen LogP contribution in [0.25, 0.3) is 0 Å². The Hall–Kier alpha value is -0.200. The molecule has 1 aromatic rings. The Morgan fingerprint density at radius 1 is 1.41 bits per heavy atom. The highest BCUT2D eigenvalue weighted by Crippen LogP contribution is 2.39. The Balaban J connectivity index is 2.99. The fourth-order valence-corrected chi connectivity index (χ4v) is 2.96. The van der Waals surface area contributed by atoms with Crippen LogP contribution < -0.4 is 0 Å². The van der Waals surface area contributed by atoms with Crippen molar-refractivity contribution in [2.75, 3.05) is 6.61 Å². The van der Waals surface area contributed by atoms with Crippen molar-refractivity contribution in [2.45, 2.75) is 29.7 Å². The number of halogens is 4. The molecule has 1 unspecified atom stereocenters. The van der Waals surface area contributed by atoms with Crippen LogP contribution in [-0.2, 0) is 6.18 Å². The summed E-state index contributed by atoms with van der Waals surface area (Å²) in [6.07, 6.45) is -3.88. The third-order valence-electron chi connectivity index (χ3n) is 2.11. The third-order valence-corrected chi connectivity index (χ3v) is 3.84. The maximum absolute atomic E-state index is 12.7. The van der Waals surface area contributed by atoms with E-state index in [1.165, 1.54) is 12.1 Å². The molecular formula is C11H12BrF3OS. The van der Waals surface area contributed by atoms with Gasteiger partial charge in [-0.2, -0.15) is 13.2 Å². The van der Waals surface area contributed by atoms with Crippen LogP contribution in [0.4, 0.5) is 13.2 Å². The van der Waals surface area contributed by atoms with Gasteiger partial charge in [-0.1, -0.05) is 22.9 Å². The number of aliphatic hydroxyl groups excluding tert-OH is 1. The Labute approximate surface area is 111 Å². The van der Waals surface area contributed by atoms with E-state index in [4.69, 9.17) is 5.11 Å². The summed E-state index contributed by atoms with van der Waals surface area (Å²) in [7, 11) is 0. The van der Waals surface area contributed by atoms with Gasteiger partial charge in [-0.3, -0.25) is 0 Å². The van der Waals surface area contributed by atoms with Gasteiger partial charge in [-0.25, -0.2) is 0 Å². The second-order valence-corrected chi connectivity index (χ2v) is 5.97. The van der Waals surface area contributed by atoms with Crippen LogP contribution in [0, 0.1) is 0 Å². The van der Waals surface area contributed by atoms with Crippen molar-refractivity contribution in [2.24, 2.45) is 0 Å². The summed E-state index contributed by atoms with van der Waals surface area (Å²) in [5, 5.41) is 8.69. The monoisotopic (exact) mass is 328 g/mol. The molecule has 0 bridgehead atoms. The van der Waals surface area contributed by atoms with E-state index < -0.39 is 11.7 Å². The van der Waals surface area contributed by atoms with Crippen LogP contribution in [-0.4, -0.2) is 17.0 Å². The molecule has 0 radical (unpaired) electrons. The molecule has 1 aromatic carbocycles. The maximum atomic E-state index is 12.7. The van der Waals surface area contributed by atoms with Gasteiger partial charge in [-0.05, 0) is 24.6 Å². The highest BCUT2D eigenvalue weighted by atomic mass is 79.9. The molecule has 17 heavy (non-hydrogen) atoms. The maximum Gasteiger partial charge on any atom is 0.417 e. The van der Waals surface area contributed by atoms with E-state index in [0.29, 0.717) is 10.9 Å².